The summed E-state index contributed by atoms with van der Waals surface area (Å²) in [5, 5.41) is 9.05. The third-order valence-corrected chi connectivity index (χ3v) is 6.16. The highest BCUT2D eigenvalue weighted by Gasteiger charge is 2.40. The highest BCUT2D eigenvalue weighted by Crippen LogP contribution is 2.28. The number of nitrogens with one attached hydrogen (secondary N) is 1. The van der Waals surface area contributed by atoms with Crippen molar-refractivity contribution in [3.05, 3.63) is 0 Å². The van der Waals surface area contributed by atoms with Crippen LogP contribution in [0.2, 0.25) is 0 Å². The minimum absolute atomic E-state index is 0.289. The zero-order valence-corrected chi connectivity index (χ0v) is 11.7. The van der Waals surface area contributed by atoms with Crippen LogP contribution in [-0.2, 0) is 10.0 Å². The fraction of sp³-hybridized carbons (Fsp3) is 0.917. The summed E-state index contributed by atoms with van der Waals surface area (Å²) in [5.41, 5.74) is -0.881. The summed E-state index contributed by atoms with van der Waals surface area (Å²) in [6, 6.07) is 2.20. The van der Waals surface area contributed by atoms with Crippen LogP contribution in [0, 0.1) is 11.3 Å². The predicted octanol–water partition coefficient (Wildman–Crippen LogP) is 0.836. The van der Waals surface area contributed by atoms with Crippen LogP contribution in [0.4, 0.5) is 0 Å². The van der Waals surface area contributed by atoms with Gasteiger partial charge >= 0.3 is 0 Å². The van der Waals surface area contributed by atoms with Gasteiger partial charge in [0, 0.05) is 13.1 Å². The second-order valence-electron chi connectivity index (χ2n) is 5.55. The Balaban J connectivity index is 2.08. The smallest absolute Gasteiger partial charge is 0.215 e. The van der Waals surface area contributed by atoms with E-state index >= 15 is 0 Å². The van der Waals surface area contributed by atoms with Crippen molar-refractivity contribution in [3.8, 4) is 6.07 Å². The standard InChI is InChI=1S/C12H21N3O2S/c1-15-8-6-12(10-13,7-9-15)14-18(16,17)11-4-2-3-5-11/h11,14H,2-9H2,1H3. The molecular formula is C12H21N3O2S. The minimum Gasteiger partial charge on any atom is -0.306 e. The Morgan fingerprint density at radius 1 is 1.28 bits per heavy atom. The molecule has 0 aromatic rings. The van der Waals surface area contributed by atoms with E-state index in [1.54, 1.807) is 0 Å². The van der Waals surface area contributed by atoms with Crippen molar-refractivity contribution >= 4 is 10.0 Å². The van der Waals surface area contributed by atoms with Crippen molar-refractivity contribution in [2.75, 3.05) is 20.1 Å². The Kier molecular flexibility index (Phi) is 3.95. The van der Waals surface area contributed by atoms with Gasteiger partial charge in [0.05, 0.1) is 11.3 Å². The van der Waals surface area contributed by atoms with E-state index < -0.39 is 15.6 Å². The molecule has 1 aliphatic heterocycles. The molecule has 1 N–H and O–H groups in total. The maximum Gasteiger partial charge on any atom is 0.215 e. The van der Waals surface area contributed by atoms with Crippen LogP contribution in [0.3, 0.4) is 0 Å². The van der Waals surface area contributed by atoms with E-state index in [1.807, 2.05) is 7.05 Å². The molecule has 1 heterocycles. The number of nitrogens with zero attached hydrogens (tertiary/aromatic N) is 2. The lowest BCUT2D eigenvalue weighted by atomic mass is 9.91. The van der Waals surface area contributed by atoms with Crippen molar-refractivity contribution < 1.29 is 8.42 Å². The number of nitriles is 1. The third-order valence-electron chi connectivity index (χ3n) is 4.13. The summed E-state index contributed by atoms with van der Waals surface area (Å²) in [6.07, 6.45) is 4.58. The Morgan fingerprint density at radius 2 is 1.83 bits per heavy atom. The molecule has 2 fully saturated rings. The SMILES string of the molecule is CN1CCC(C#N)(NS(=O)(=O)C2CCCC2)CC1. The largest absolute Gasteiger partial charge is 0.306 e. The molecule has 0 aromatic carbocycles. The zero-order chi connectivity index (χ0) is 13.2. The van der Waals surface area contributed by atoms with Gasteiger partial charge in [-0.2, -0.15) is 9.98 Å². The number of hydrogen-bond donors (Lipinski definition) is 1. The summed E-state index contributed by atoms with van der Waals surface area (Å²) >= 11 is 0. The van der Waals surface area contributed by atoms with Gasteiger partial charge < -0.3 is 4.90 Å². The molecule has 5 nitrogen and oxygen atoms in total. The van der Waals surface area contributed by atoms with Crippen LogP contribution in [0.5, 0.6) is 0 Å². The van der Waals surface area contributed by atoms with E-state index in [0.717, 1.165) is 38.8 Å². The number of sulfonamides is 1. The van der Waals surface area contributed by atoms with E-state index in [4.69, 9.17) is 0 Å². The Labute approximate surface area is 109 Å². The van der Waals surface area contributed by atoms with E-state index in [2.05, 4.69) is 15.7 Å². The zero-order valence-electron chi connectivity index (χ0n) is 10.9. The van der Waals surface area contributed by atoms with E-state index in [9.17, 15) is 13.7 Å². The van der Waals surface area contributed by atoms with Gasteiger partial charge in [-0.25, -0.2) is 8.42 Å². The monoisotopic (exact) mass is 271 g/mol. The Bertz CT molecular complexity index is 427. The van der Waals surface area contributed by atoms with Crippen molar-refractivity contribution in [2.45, 2.75) is 49.3 Å². The van der Waals surface area contributed by atoms with Crippen LogP contribution in [-0.4, -0.2) is 44.2 Å². The van der Waals surface area contributed by atoms with Gasteiger partial charge in [0.1, 0.15) is 5.54 Å². The molecule has 1 saturated heterocycles. The molecular weight excluding hydrogens is 250 g/mol. The van der Waals surface area contributed by atoms with Crippen LogP contribution < -0.4 is 4.72 Å². The first-order valence-corrected chi connectivity index (χ1v) is 8.15. The molecule has 2 aliphatic rings. The molecule has 0 bridgehead atoms. The third kappa shape index (κ3) is 2.85. The Hall–Kier alpha value is -0.640. The normalized spacial score (nSPS) is 26.0. The topological polar surface area (TPSA) is 73.2 Å². The highest BCUT2D eigenvalue weighted by atomic mass is 32.2. The van der Waals surface area contributed by atoms with Crippen molar-refractivity contribution in [1.82, 2.24) is 9.62 Å². The molecule has 2 rings (SSSR count). The van der Waals surface area contributed by atoms with Crippen molar-refractivity contribution in [3.63, 3.8) is 0 Å². The van der Waals surface area contributed by atoms with Gasteiger partial charge in [-0.05, 0) is 32.7 Å². The van der Waals surface area contributed by atoms with Crippen molar-refractivity contribution in [2.24, 2.45) is 0 Å². The van der Waals surface area contributed by atoms with Crippen LogP contribution in [0.1, 0.15) is 38.5 Å². The summed E-state index contributed by atoms with van der Waals surface area (Å²) in [7, 11) is -1.35. The molecule has 1 aliphatic carbocycles. The number of likely N-dealkylation sites (tertiary alicyclic amines) is 1. The summed E-state index contributed by atoms with van der Waals surface area (Å²) in [4.78, 5) is 2.12. The first-order valence-electron chi connectivity index (χ1n) is 6.60. The highest BCUT2D eigenvalue weighted by molar-refractivity contribution is 7.90. The fourth-order valence-electron chi connectivity index (χ4n) is 2.79. The second kappa shape index (κ2) is 5.16. The minimum atomic E-state index is -3.34. The molecule has 1 saturated carbocycles. The van der Waals surface area contributed by atoms with Gasteiger partial charge in [-0.15, -0.1) is 0 Å². The van der Waals surface area contributed by atoms with Gasteiger partial charge in [0.15, 0.2) is 0 Å². The molecule has 102 valence electrons. The van der Waals surface area contributed by atoms with Crippen LogP contribution in [0.25, 0.3) is 0 Å². The van der Waals surface area contributed by atoms with Gasteiger partial charge in [-0.3, -0.25) is 0 Å². The average Bonchev–Trinajstić information content (AvgIpc) is 2.87. The second-order valence-corrected chi connectivity index (χ2v) is 7.51. The molecule has 0 aromatic heterocycles. The quantitative estimate of drug-likeness (QED) is 0.825. The van der Waals surface area contributed by atoms with Gasteiger partial charge in [0.2, 0.25) is 10.0 Å². The lowest BCUT2D eigenvalue weighted by Gasteiger charge is -2.36. The molecule has 6 heteroatoms. The molecule has 0 spiro atoms. The molecule has 0 unspecified atom stereocenters. The number of rotatable bonds is 3. The number of hydrogen-bond acceptors (Lipinski definition) is 4. The van der Waals surface area contributed by atoms with E-state index in [-0.39, 0.29) is 5.25 Å². The lowest BCUT2D eigenvalue weighted by molar-refractivity contribution is 0.213. The molecule has 0 amide bonds. The first-order chi connectivity index (χ1) is 8.47. The molecule has 0 radical (unpaired) electrons. The van der Waals surface area contributed by atoms with E-state index in [1.165, 1.54) is 0 Å². The molecule has 18 heavy (non-hydrogen) atoms. The van der Waals surface area contributed by atoms with Gasteiger partial charge in [-0.1, -0.05) is 12.8 Å². The summed E-state index contributed by atoms with van der Waals surface area (Å²) < 4.78 is 27.2. The summed E-state index contributed by atoms with van der Waals surface area (Å²) in [6.45, 7) is 1.53. The van der Waals surface area contributed by atoms with Crippen LogP contribution >= 0.6 is 0 Å². The van der Waals surface area contributed by atoms with Gasteiger partial charge in [0.25, 0.3) is 0 Å². The van der Waals surface area contributed by atoms with Crippen molar-refractivity contribution in [1.29, 1.82) is 5.26 Å². The Morgan fingerprint density at radius 3 is 2.33 bits per heavy atom. The predicted molar refractivity (Wildman–Crippen MR) is 69.4 cm³/mol. The summed E-state index contributed by atoms with van der Waals surface area (Å²) in [5.74, 6) is 0. The average molecular weight is 271 g/mol. The first kappa shape index (κ1) is 13.8. The van der Waals surface area contributed by atoms with E-state index in [0.29, 0.717) is 12.8 Å². The fourth-order valence-corrected chi connectivity index (χ4v) is 4.71. The van der Waals surface area contributed by atoms with Crippen LogP contribution in [0.15, 0.2) is 0 Å². The maximum atomic E-state index is 12.3. The lowest BCUT2D eigenvalue weighted by Crippen LogP contribution is -2.55. The maximum absolute atomic E-state index is 12.3. The molecule has 0 atom stereocenters. The number of piperidine rings is 1.